The number of aromatic nitrogens is 2. The van der Waals surface area contributed by atoms with E-state index in [-0.39, 0.29) is 23.8 Å². The van der Waals surface area contributed by atoms with Gasteiger partial charge in [0.15, 0.2) is 5.69 Å². The maximum Gasteiger partial charge on any atom is 0.278 e. The van der Waals surface area contributed by atoms with Crippen LogP contribution in [0.1, 0.15) is 37.0 Å². The van der Waals surface area contributed by atoms with Crippen molar-refractivity contribution in [2.45, 2.75) is 33.2 Å². The summed E-state index contributed by atoms with van der Waals surface area (Å²) >= 11 is 0. The van der Waals surface area contributed by atoms with Gasteiger partial charge in [-0.05, 0) is 39.8 Å². The maximum absolute atomic E-state index is 14.1. The van der Waals surface area contributed by atoms with Crippen molar-refractivity contribution in [1.82, 2.24) is 20.0 Å². The van der Waals surface area contributed by atoms with E-state index in [0.29, 0.717) is 5.69 Å². The van der Waals surface area contributed by atoms with Crippen molar-refractivity contribution in [2.24, 2.45) is 0 Å². The first-order valence-electron chi connectivity index (χ1n) is 8.42. The van der Waals surface area contributed by atoms with Crippen molar-refractivity contribution < 1.29 is 14.0 Å². The third-order valence-corrected chi connectivity index (χ3v) is 3.63. The topological polar surface area (TPSA) is 84.3 Å². The first-order valence-corrected chi connectivity index (χ1v) is 8.42. The number of benzene rings is 1. The molecular formula is C19H23FN4O3. The summed E-state index contributed by atoms with van der Waals surface area (Å²) in [7, 11) is 1.40. The summed E-state index contributed by atoms with van der Waals surface area (Å²) in [5.74, 6) is -1.61. The molecule has 144 valence electrons. The second-order valence-corrected chi connectivity index (χ2v) is 7.32. The van der Waals surface area contributed by atoms with Gasteiger partial charge in [-0.1, -0.05) is 12.1 Å². The fraction of sp³-hybridized carbons (Fsp3) is 0.368. The fourth-order valence-corrected chi connectivity index (χ4v) is 2.49. The molecule has 0 fully saturated rings. The molecule has 2 aromatic rings. The standard InChI is InChI=1S/C19H23FN4O3/c1-12-10-15(25)17(22-24(12)14-9-7-6-8-13(14)20)18(27)23(5)11-16(26)21-19(2,3)4/h6-10H,11H2,1-5H3,(H,21,26). The molecule has 1 heterocycles. The number of para-hydroxylation sites is 1. The Hall–Kier alpha value is -3.03. The number of amides is 2. The monoisotopic (exact) mass is 374 g/mol. The molecular weight excluding hydrogens is 351 g/mol. The molecule has 0 unspecified atom stereocenters. The summed E-state index contributed by atoms with van der Waals surface area (Å²) in [6, 6.07) is 7.13. The van der Waals surface area contributed by atoms with E-state index < -0.39 is 22.7 Å². The summed E-state index contributed by atoms with van der Waals surface area (Å²) in [5.41, 5.74) is -0.907. The molecule has 1 aromatic carbocycles. The molecule has 0 aliphatic carbocycles. The van der Waals surface area contributed by atoms with Gasteiger partial charge in [-0.15, -0.1) is 0 Å². The van der Waals surface area contributed by atoms with Crippen molar-refractivity contribution in [3.63, 3.8) is 0 Å². The molecule has 1 N–H and O–H groups in total. The van der Waals surface area contributed by atoms with Gasteiger partial charge < -0.3 is 10.2 Å². The van der Waals surface area contributed by atoms with Crippen LogP contribution in [0.3, 0.4) is 0 Å². The number of halogens is 1. The average Bonchev–Trinajstić information content (AvgIpc) is 2.53. The van der Waals surface area contributed by atoms with E-state index in [1.807, 2.05) is 20.8 Å². The molecule has 7 nitrogen and oxygen atoms in total. The Balaban J connectivity index is 2.34. The second-order valence-electron chi connectivity index (χ2n) is 7.32. The van der Waals surface area contributed by atoms with E-state index >= 15 is 0 Å². The molecule has 8 heteroatoms. The normalized spacial score (nSPS) is 11.2. The van der Waals surface area contributed by atoms with Gasteiger partial charge in [0.1, 0.15) is 11.5 Å². The van der Waals surface area contributed by atoms with Crippen LogP contribution in [0.25, 0.3) is 5.69 Å². The molecule has 2 amide bonds. The van der Waals surface area contributed by atoms with E-state index in [1.54, 1.807) is 13.0 Å². The maximum atomic E-state index is 14.1. The molecule has 0 radical (unpaired) electrons. The van der Waals surface area contributed by atoms with Crippen molar-refractivity contribution in [2.75, 3.05) is 13.6 Å². The molecule has 0 aliphatic rings. The van der Waals surface area contributed by atoms with E-state index in [0.717, 1.165) is 4.90 Å². The quantitative estimate of drug-likeness (QED) is 0.882. The molecule has 0 saturated heterocycles. The van der Waals surface area contributed by atoms with Crippen LogP contribution in [-0.4, -0.2) is 45.6 Å². The minimum absolute atomic E-state index is 0.122. The van der Waals surface area contributed by atoms with Crippen LogP contribution in [-0.2, 0) is 4.79 Å². The van der Waals surface area contributed by atoms with Crippen LogP contribution in [0.5, 0.6) is 0 Å². The Labute approximate surface area is 156 Å². The van der Waals surface area contributed by atoms with Crippen molar-refractivity contribution in [1.29, 1.82) is 0 Å². The van der Waals surface area contributed by atoms with Crippen LogP contribution < -0.4 is 10.7 Å². The Morgan fingerprint density at radius 2 is 1.89 bits per heavy atom. The zero-order chi connectivity index (χ0) is 20.4. The minimum Gasteiger partial charge on any atom is -0.350 e. The van der Waals surface area contributed by atoms with E-state index in [2.05, 4.69) is 10.4 Å². The molecule has 27 heavy (non-hydrogen) atoms. The second kappa shape index (κ2) is 7.69. The van der Waals surface area contributed by atoms with Crippen molar-refractivity contribution >= 4 is 11.8 Å². The van der Waals surface area contributed by atoms with Gasteiger partial charge in [0.2, 0.25) is 11.3 Å². The van der Waals surface area contributed by atoms with Gasteiger partial charge in [-0.25, -0.2) is 9.07 Å². The van der Waals surface area contributed by atoms with Crippen LogP contribution >= 0.6 is 0 Å². The van der Waals surface area contributed by atoms with Crippen LogP contribution in [0, 0.1) is 12.7 Å². The number of hydrogen-bond donors (Lipinski definition) is 1. The van der Waals surface area contributed by atoms with E-state index in [4.69, 9.17) is 0 Å². The smallest absolute Gasteiger partial charge is 0.278 e. The Kier molecular flexibility index (Phi) is 5.78. The zero-order valence-electron chi connectivity index (χ0n) is 16.0. The third kappa shape index (κ3) is 4.99. The van der Waals surface area contributed by atoms with Crippen molar-refractivity contribution in [3.05, 3.63) is 57.8 Å². The molecule has 0 aliphatic heterocycles. The number of hydrogen-bond acceptors (Lipinski definition) is 4. The molecule has 2 rings (SSSR count). The summed E-state index contributed by atoms with van der Waals surface area (Å²) in [4.78, 5) is 38.0. The van der Waals surface area contributed by atoms with Gasteiger partial charge in [-0.2, -0.15) is 5.10 Å². The molecule has 0 atom stereocenters. The predicted octanol–water partition coefficient (Wildman–Crippen LogP) is 1.67. The van der Waals surface area contributed by atoms with Crippen LogP contribution in [0.2, 0.25) is 0 Å². The summed E-state index contributed by atoms with van der Waals surface area (Å²) in [6.45, 7) is 6.82. The van der Waals surface area contributed by atoms with Crippen LogP contribution in [0.15, 0.2) is 35.1 Å². The highest BCUT2D eigenvalue weighted by Gasteiger charge is 2.23. The number of carbonyl (C=O) groups excluding carboxylic acids is 2. The van der Waals surface area contributed by atoms with Gasteiger partial charge in [0, 0.05) is 24.3 Å². The number of carbonyl (C=O) groups is 2. The van der Waals surface area contributed by atoms with Gasteiger partial charge in [-0.3, -0.25) is 14.4 Å². The molecule has 0 saturated carbocycles. The number of nitrogens with zero attached hydrogens (tertiary/aromatic N) is 3. The Morgan fingerprint density at radius 3 is 2.48 bits per heavy atom. The number of aryl methyl sites for hydroxylation is 1. The van der Waals surface area contributed by atoms with E-state index in [1.165, 1.54) is 36.0 Å². The highest BCUT2D eigenvalue weighted by atomic mass is 19.1. The first-order chi connectivity index (χ1) is 12.5. The highest BCUT2D eigenvalue weighted by Crippen LogP contribution is 2.13. The highest BCUT2D eigenvalue weighted by molar-refractivity contribution is 5.94. The lowest BCUT2D eigenvalue weighted by Gasteiger charge is -2.23. The Morgan fingerprint density at radius 1 is 1.26 bits per heavy atom. The number of nitrogens with one attached hydrogen (secondary N) is 1. The third-order valence-electron chi connectivity index (χ3n) is 3.63. The fourth-order valence-electron chi connectivity index (χ4n) is 2.49. The van der Waals surface area contributed by atoms with Crippen molar-refractivity contribution in [3.8, 4) is 5.69 Å². The molecule has 1 aromatic heterocycles. The number of rotatable bonds is 4. The lowest BCUT2D eigenvalue weighted by molar-refractivity contribution is -0.122. The average molecular weight is 374 g/mol. The van der Waals surface area contributed by atoms with Gasteiger partial charge in [0.25, 0.3) is 5.91 Å². The number of likely N-dealkylation sites (N-methyl/N-ethyl adjacent to an activating group) is 1. The van der Waals surface area contributed by atoms with Gasteiger partial charge >= 0.3 is 0 Å². The molecule has 0 bridgehead atoms. The van der Waals surface area contributed by atoms with Gasteiger partial charge in [0.05, 0.1) is 6.54 Å². The lowest BCUT2D eigenvalue weighted by atomic mass is 10.1. The first kappa shape index (κ1) is 20.3. The molecule has 0 spiro atoms. The summed E-state index contributed by atoms with van der Waals surface area (Å²) < 4.78 is 15.3. The SMILES string of the molecule is Cc1cc(=O)c(C(=O)N(C)CC(=O)NC(C)(C)C)nn1-c1ccccc1F. The minimum atomic E-state index is -0.714. The lowest BCUT2D eigenvalue weighted by Crippen LogP contribution is -2.47. The van der Waals surface area contributed by atoms with Crippen LogP contribution in [0.4, 0.5) is 4.39 Å². The summed E-state index contributed by atoms with van der Waals surface area (Å²) in [5, 5.41) is 6.79. The zero-order valence-corrected chi connectivity index (χ0v) is 16.0. The summed E-state index contributed by atoms with van der Waals surface area (Å²) in [6.07, 6.45) is 0. The predicted molar refractivity (Wildman–Crippen MR) is 99.4 cm³/mol. The largest absolute Gasteiger partial charge is 0.350 e. The van der Waals surface area contributed by atoms with E-state index in [9.17, 15) is 18.8 Å². The Bertz CT molecular complexity index is 931.